The van der Waals surface area contributed by atoms with Crippen molar-refractivity contribution in [2.24, 2.45) is 0 Å². The van der Waals surface area contributed by atoms with E-state index in [1.165, 1.54) is 12.8 Å². The van der Waals surface area contributed by atoms with E-state index in [1.807, 2.05) is 19.0 Å². The second kappa shape index (κ2) is 5.98. The number of hydrogen-bond acceptors (Lipinski definition) is 3. The fraction of sp³-hybridized carbons (Fsp3) is 0.900. The first-order valence-electron chi connectivity index (χ1n) is 5.33. The smallest absolute Gasteiger partial charge is 0.234 e. The Balaban J connectivity index is 1.99. The van der Waals surface area contributed by atoms with Crippen LogP contribution in [-0.2, 0) is 4.79 Å². The zero-order valence-corrected chi connectivity index (χ0v) is 9.18. The summed E-state index contributed by atoms with van der Waals surface area (Å²) in [4.78, 5) is 13.1. The van der Waals surface area contributed by atoms with Crippen molar-refractivity contribution in [1.29, 1.82) is 0 Å². The van der Waals surface area contributed by atoms with E-state index in [2.05, 4.69) is 10.6 Å². The predicted molar refractivity (Wildman–Crippen MR) is 57.2 cm³/mol. The average molecular weight is 199 g/mol. The number of hydrogen-bond donors (Lipinski definition) is 2. The van der Waals surface area contributed by atoms with Gasteiger partial charge >= 0.3 is 0 Å². The number of nitrogens with one attached hydrogen (secondary N) is 2. The summed E-state index contributed by atoms with van der Waals surface area (Å²) in [7, 11) is 3.80. The van der Waals surface area contributed by atoms with Gasteiger partial charge in [-0.25, -0.2) is 0 Å². The Hall–Kier alpha value is -0.610. The predicted octanol–water partition coefficient (Wildman–Crippen LogP) is -0.194. The van der Waals surface area contributed by atoms with Gasteiger partial charge in [0.1, 0.15) is 0 Å². The number of likely N-dealkylation sites (N-methyl/N-ethyl adjacent to an activating group) is 1. The normalized spacial score (nSPS) is 21.5. The molecule has 0 saturated carbocycles. The zero-order valence-electron chi connectivity index (χ0n) is 9.18. The molecule has 1 saturated heterocycles. The highest BCUT2D eigenvalue weighted by Gasteiger charge is 2.13. The summed E-state index contributed by atoms with van der Waals surface area (Å²) >= 11 is 0. The number of carbonyl (C=O) groups is 1. The quantitative estimate of drug-likeness (QED) is 0.645. The van der Waals surface area contributed by atoms with Crippen LogP contribution in [0.2, 0.25) is 0 Å². The Morgan fingerprint density at radius 3 is 2.93 bits per heavy atom. The maximum Gasteiger partial charge on any atom is 0.234 e. The summed E-state index contributed by atoms with van der Waals surface area (Å²) in [5.41, 5.74) is 0. The summed E-state index contributed by atoms with van der Waals surface area (Å²) < 4.78 is 0. The minimum atomic E-state index is 0.119. The monoisotopic (exact) mass is 199 g/mol. The molecular formula is C10H21N3O. The van der Waals surface area contributed by atoms with Gasteiger partial charge in [0.25, 0.3) is 0 Å². The SMILES string of the molecule is CN(C)CC(=O)NCC[C@@H]1CCCN1. The largest absolute Gasteiger partial charge is 0.355 e. The highest BCUT2D eigenvalue weighted by atomic mass is 16.1. The first-order chi connectivity index (χ1) is 6.68. The first-order valence-corrected chi connectivity index (χ1v) is 5.33. The van der Waals surface area contributed by atoms with Crippen LogP contribution in [0.1, 0.15) is 19.3 Å². The van der Waals surface area contributed by atoms with E-state index >= 15 is 0 Å². The van der Waals surface area contributed by atoms with Gasteiger partial charge in [-0.15, -0.1) is 0 Å². The topological polar surface area (TPSA) is 44.4 Å². The van der Waals surface area contributed by atoms with Crippen LogP contribution >= 0.6 is 0 Å². The highest BCUT2D eigenvalue weighted by Crippen LogP contribution is 2.07. The molecular weight excluding hydrogens is 178 g/mol. The molecule has 0 aromatic rings. The number of carbonyl (C=O) groups excluding carboxylic acids is 1. The van der Waals surface area contributed by atoms with Gasteiger partial charge in [-0.1, -0.05) is 0 Å². The molecule has 1 heterocycles. The van der Waals surface area contributed by atoms with Crippen LogP contribution in [0.5, 0.6) is 0 Å². The summed E-state index contributed by atoms with van der Waals surface area (Å²) in [6, 6.07) is 0.620. The van der Waals surface area contributed by atoms with Crippen LogP contribution in [0.15, 0.2) is 0 Å². The molecule has 1 amide bonds. The van der Waals surface area contributed by atoms with Crippen molar-refractivity contribution >= 4 is 5.91 Å². The molecule has 0 aromatic carbocycles. The third-order valence-electron chi connectivity index (χ3n) is 2.44. The molecule has 14 heavy (non-hydrogen) atoms. The molecule has 1 rings (SSSR count). The Labute approximate surface area is 86.0 Å². The van der Waals surface area contributed by atoms with Crippen LogP contribution < -0.4 is 10.6 Å². The summed E-state index contributed by atoms with van der Waals surface area (Å²) in [6.45, 7) is 2.42. The Bertz CT molecular complexity index is 176. The molecule has 1 aliphatic heterocycles. The Morgan fingerprint density at radius 2 is 2.36 bits per heavy atom. The van der Waals surface area contributed by atoms with Crippen molar-refractivity contribution in [3.05, 3.63) is 0 Å². The van der Waals surface area contributed by atoms with E-state index in [0.717, 1.165) is 19.5 Å². The molecule has 1 aliphatic rings. The molecule has 2 N–H and O–H groups in total. The minimum absolute atomic E-state index is 0.119. The fourth-order valence-electron chi connectivity index (χ4n) is 1.73. The third kappa shape index (κ3) is 4.58. The van der Waals surface area contributed by atoms with Gasteiger partial charge in [0, 0.05) is 12.6 Å². The number of nitrogens with zero attached hydrogens (tertiary/aromatic N) is 1. The van der Waals surface area contributed by atoms with Gasteiger partial charge in [-0.3, -0.25) is 4.79 Å². The van der Waals surface area contributed by atoms with Gasteiger partial charge in [0.15, 0.2) is 0 Å². The van der Waals surface area contributed by atoms with Crippen molar-refractivity contribution in [1.82, 2.24) is 15.5 Å². The molecule has 0 unspecified atom stereocenters. The van der Waals surface area contributed by atoms with E-state index in [9.17, 15) is 4.79 Å². The fourth-order valence-corrected chi connectivity index (χ4v) is 1.73. The van der Waals surface area contributed by atoms with Crippen LogP contribution in [-0.4, -0.2) is 50.6 Å². The second-order valence-electron chi connectivity index (χ2n) is 4.17. The molecule has 0 aromatic heterocycles. The lowest BCUT2D eigenvalue weighted by molar-refractivity contribution is -0.121. The second-order valence-corrected chi connectivity index (χ2v) is 4.17. The molecule has 82 valence electrons. The van der Waals surface area contributed by atoms with Crippen molar-refractivity contribution in [2.75, 3.05) is 33.7 Å². The maximum atomic E-state index is 11.3. The highest BCUT2D eigenvalue weighted by molar-refractivity contribution is 5.77. The lowest BCUT2D eigenvalue weighted by atomic mass is 10.1. The van der Waals surface area contributed by atoms with Gasteiger partial charge < -0.3 is 15.5 Å². The minimum Gasteiger partial charge on any atom is -0.355 e. The lowest BCUT2D eigenvalue weighted by Crippen LogP contribution is -2.36. The van der Waals surface area contributed by atoms with Crippen LogP contribution in [0, 0.1) is 0 Å². The summed E-state index contributed by atoms with van der Waals surface area (Å²) in [6.07, 6.45) is 3.58. The maximum absolute atomic E-state index is 11.3. The Kier molecular flexibility index (Phi) is 4.90. The van der Waals surface area contributed by atoms with Crippen molar-refractivity contribution < 1.29 is 4.79 Å². The van der Waals surface area contributed by atoms with Gasteiger partial charge in [0.05, 0.1) is 6.54 Å². The average Bonchev–Trinajstić information content (AvgIpc) is 2.55. The lowest BCUT2D eigenvalue weighted by Gasteiger charge is -2.12. The molecule has 4 heteroatoms. The van der Waals surface area contributed by atoms with Gasteiger partial charge in [-0.2, -0.15) is 0 Å². The summed E-state index contributed by atoms with van der Waals surface area (Å²) in [5, 5.41) is 6.33. The molecule has 4 nitrogen and oxygen atoms in total. The van der Waals surface area contributed by atoms with Gasteiger partial charge in [0.2, 0.25) is 5.91 Å². The van der Waals surface area contributed by atoms with E-state index in [4.69, 9.17) is 0 Å². The number of rotatable bonds is 5. The van der Waals surface area contributed by atoms with Crippen LogP contribution in [0.3, 0.4) is 0 Å². The van der Waals surface area contributed by atoms with Crippen LogP contribution in [0.25, 0.3) is 0 Å². The third-order valence-corrected chi connectivity index (χ3v) is 2.44. The van der Waals surface area contributed by atoms with Crippen molar-refractivity contribution in [3.8, 4) is 0 Å². The van der Waals surface area contributed by atoms with Crippen LogP contribution in [0.4, 0.5) is 0 Å². The van der Waals surface area contributed by atoms with E-state index in [-0.39, 0.29) is 5.91 Å². The van der Waals surface area contributed by atoms with E-state index in [0.29, 0.717) is 12.6 Å². The molecule has 0 radical (unpaired) electrons. The molecule has 0 spiro atoms. The Morgan fingerprint density at radius 1 is 1.57 bits per heavy atom. The van der Waals surface area contributed by atoms with Crippen molar-refractivity contribution in [2.45, 2.75) is 25.3 Å². The van der Waals surface area contributed by atoms with E-state index < -0.39 is 0 Å². The summed E-state index contributed by atoms with van der Waals surface area (Å²) in [5.74, 6) is 0.119. The first kappa shape index (κ1) is 11.5. The van der Waals surface area contributed by atoms with Crippen molar-refractivity contribution in [3.63, 3.8) is 0 Å². The molecule has 1 fully saturated rings. The molecule has 0 aliphatic carbocycles. The van der Waals surface area contributed by atoms with E-state index in [1.54, 1.807) is 0 Å². The molecule has 1 atom stereocenters. The zero-order chi connectivity index (χ0) is 10.4. The standard InChI is InChI=1S/C10H21N3O/c1-13(2)8-10(14)12-7-5-9-4-3-6-11-9/h9,11H,3-8H2,1-2H3,(H,12,14)/t9-/m0/s1. The van der Waals surface area contributed by atoms with Gasteiger partial charge in [-0.05, 0) is 39.9 Å². The number of amides is 1. The molecule has 0 bridgehead atoms.